The number of hydrogen-bond acceptors (Lipinski definition) is 3. The Morgan fingerprint density at radius 1 is 1.25 bits per heavy atom. The molecule has 0 saturated carbocycles. The van der Waals surface area contributed by atoms with Gasteiger partial charge in [-0.05, 0) is 12.8 Å². The molecule has 6 heteroatoms. The normalized spacial score (nSPS) is 12.7. The maximum absolute atomic E-state index is 12.5. The van der Waals surface area contributed by atoms with Crippen molar-refractivity contribution in [1.82, 2.24) is 24.4 Å². The second-order valence-corrected chi connectivity index (χ2v) is 5.38. The fourth-order valence-electron chi connectivity index (χ4n) is 2.29. The van der Waals surface area contributed by atoms with E-state index in [4.69, 9.17) is 0 Å². The maximum atomic E-state index is 12.5. The van der Waals surface area contributed by atoms with E-state index < -0.39 is 0 Å². The van der Waals surface area contributed by atoms with Crippen LogP contribution < -0.4 is 5.32 Å². The molecule has 2 rings (SSSR count). The molecule has 108 valence electrons. The van der Waals surface area contributed by atoms with Crippen molar-refractivity contribution in [3.8, 4) is 0 Å². The average molecular weight is 275 g/mol. The van der Waals surface area contributed by atoms with Crippen LogP contribution in [0.3, 0.4) is 0 Å². The Balaban J connectivity index is 2.26. The highest BCUT2D eigenvalue weighted by molar-refractivity contribution is 5.93. The van der Waals surface area contributed by atoms with Gasteiger partial charge in [0, 0.05) is 26.5 Å². The van der Waals surface area contributed by atoms with Crippen molar-refractivity contribution < 1.29 is 4.79 Å². The number of aryl methyl sites for hydroxylation is 3. The van der Waals surface area contributed by atoms with Crippen LogP contribution in [0.4, 0.5) is 0 Å². The van der Waals surface area contributed by atoms with Crippen LogP contribution in [0.25, 0.3) is 0 Å². The molecule has 2 aromatic rings. The molecule has 6 nitrogen and oxygen atoms in total. The van der Waals surface area contributed by atoms with Gasteiger partial charge < -0.3 is 14.5 Å². The summed E-state index contributed by atoms with van der Waals surface area (Å²) in [5.41, 5.74) is 1.32. The number of rotatable bonds is 4. The van der Waals surface area contributed by atoms with Crippen molar-refractivity contribution in [3.05, 3.63) is 35.9 Å². The van der Waals surface area contributed by atoms with Crippen molar-refractivity contribution in [1.29, 1.82) is 0 Å². The molecule has 1 N–H and O–H groups in total. The largest absolute Gasteiger partial charge is 0.340 e. The summed E-state index contributed by atoms with van der Waals surface area (Å²) in [6.45, 7) is 5.96. The van der Waals surface area contributed by atoms with Crippen LogP contribution in [0.1, 0.15) is 41.9 Å². The molecule has 0 aliphatic heterocycles. The van der Waals surface area contributed by atoms with Crippen molar-refractivity contribution in [2.75, 3.05) is 0 Å². The van der Waals surface area contributed by atoms with Gasteiger partial charge >= 0.3 is 0 Å². The predicted octanol–water partition coefficient (Wildman–Crippen LogP) is 1.59. The summed E-state index contributed by atoms with van der Waals surface area (Å²) in [6, 6.07) is -0.128. The Labute approximate surface area is 118 Å². The number of carbonyl (C=O) groups excluding carboxylic acids is 1. The van der Waals surface area contributed by atoms with E-state index >= 15 is 0 Å². The minimum atomic E-state index is -0.128. The van der Waals surface area contributed by atoms with Crippen LogP contribution in [-0.4, -0.2) is 25.0 Å². The van der Waals surface area contributed by atoms with E-state index in [1.54, 1.807) is 17.1 Å². The van der Waals surface area contributed by atoms with Gasteiger partial charge in [0.05, 0.1) is 18.1 Å². The highest BCUT2D eigenvalue weighted by Crippen LogP contribution is 2.20. The van der Waals surface area contributed by atoms with Crippen LogP contribution >= 0.6 is 0 Å². The first-order valence-corrected chi connectivity index (χ1v) is 6.67. The summed E-state index contributed by atoms with van der Waals surface area (Å²) in [5.74, 6) is 0.978. The molecule has 2 aromatic heterocycles. The quantitative estimate of drug-likeness (QED) is 0.921. The molecule has 1 atom stereocenters. The SMILES string of the molecule is Cc1ncn(C)c1C(=O)N[C@H](c1nccn1C)C(C)C. The number of amides is 1. The van der Waals surface area contributed by atoms with Gasteiger partial charge in [-0.3, -0.25) is 4.79 Å². The summed E-state index contributed by atoms with van der Waals surface area (Å²) >= 11 is 0. The summed E-state index contributed by atoms with van der Waals surface area (Å²) in [5, 5.41) is 3.06. The van der Waals surface area contributed by atoms with E-state index in [0.717, 1.165) is 11.5 Å². The number of imidazole rings is 2. The smallest absolute Gasteiger partial charge is 0.270 e. The molecule has 0 bridgehead atoms. The number of aromatic nitrogens is 4. The molecular weight excluding hydrogens is 254 g/mol. The van der Waals surface area contributed by atoms with Crippen LogP contribution in [0, 0.1) is 12.8 Å². The summed E-state index contributed by atoms with van der Waals surface area (Å²) in [7, 11) is 3.75. The summed E-state index contributed by atoms with van der Waals surface area (Å²) in [4.78, 5) is 21.0. The fraction of sp³-hybridized carbons (Fsp3) is 0.500. The first-order valence-electron chi connectivity index (χ1n) is 6.67. The maximum Gasteiger partial charge on any atom is 0.270 e. The zero-order chi connectivity index (χ0) is 14.9. The Kier molecular flexibility index (Phi) is 3.92. The Morgan fingerprint density at radius 3 is 2.40 bits per heavy atom. The molecule has 0 aliphatic carbocycles. The number of hydrogen-bond donors (Lipinski definition) is 1. The van der Waals surface area contributed by atoms with Gasteiger partial charge in [0.1, 0.15) is 11.5 Å². The van der Waals surface area contributed by atoms with Crippen LogP contribution in [-0.2, 0) is 14.1 Å². The monoisotopic (exact) mass is 275 g/mol. The molecule has 0 spiro atoms. The lowest BCUT2D eigenvalue weighted by Gasteiger charge is -2.22. The third-order valence-corrected chi connectivity index (χ3v) is 3.42. The van der Waals surface area contributed by atoms with Crippen molar-refractivity contribution in [2.24, 2.45) is 20.0 Å². The van der Waals surface area contributed by atoms with E-state index in [1.807, 2.05) is 31.8 Å². The lowest BCUT2D eigenvalue weighted by Crippen LogP contribution is -2.34. The highest BCUT2D eigenvalue weighted by Gasteiger charge is 2.24. The highest BCUT2D eigenvalue weighted by atomic mass is 16.2. The Morgan fingerprint density at radius 2 is 1.95 bits per heavy atom. The minimum Gasteiger partial charge on any atom is -0.340 e. The molecule has 0 aliphatic rings. The molecule has 0 radical (unpaired) electrons. The third-order valence-electron chi connectivity index (χ3n) is 3.42. The second-order valence-electron chi connectivity index (χ2n) is 5.38. The average Bonchev–Trinajstić information content (AvgIpc) is 2.92. The van der Waals surface area contributed by atoms with Crippen molar-refractivity contribution >= 4 is 5.91 Å². The van der Waals surface area contributed by atoms with Gasteiger partial charge in [0.15, 0.2) is 0 Å². The van der Waals surface area contributed by atoms with Gasteiger partial charge in [0.25, 0.3) is 5.91 Å². The van der Waals surface area contributed by atoms with Gasteiger partial charge in [-0.25, -0.2) is 9.97 Å². The molecule has 0 unspecified atom stereocenters. The third kappa shape index (κ3) is 2.59. The first-order chi connectivity index (χ1) is 9.41. The molecule has 0 saturated heterocycles. The number of nitrogens with one attached hydrogen (secondary N) is 1. The van der Waals surface area contributed by atoms with Crippen LogP contribution in [0.15, 0.2) is 18.7 Å². The number of carbonyl (C=O) groups is 1. The Hall–Kier alpha value is -2.11. The summed E-state index contributed by atoms with van der Waals surface area (Å²) < 4.78 is 3.67. The van der Waals surface area contributed by atoms with E-state index in [0.29, 0.717) is 5.69 Å². The fourth-order valence-corrected chi connectivity index (χ4v) is 2.29. The lowest BCUT2D eigenvalue weighted by atomic mass is 10.0. The second kappa shape index (κ2) is 5.48. The Bertz CT molecular complexity index is 591. The number of nitrogens with zero attached hydrogens (tertiary/aromatic N) is 4. The van der Waals surface area contributed by atoms with E-state index in [-0.39, 0.29) is 17.9 Å². The molecular formula is C14H21N5O. The van der Waals surface area contributed by atoms with E-state index in [1.165, 1.54) is 0 Å². The minimum absolute atomic E-state index is 0.121. The zero-order valence-electron chi connectivity index (χ0n) is 12.6. The van der Waals surface area contributed by atoms with Crippen LogP contribution in [0.5, 0.6) is 0 Å². The molecule has 20 heavy (non-hydrogen) atoms. The van der Waals surface area contributed by atoms with E-state index in [9.17, 15) is 4.79 Å². The van der Waals surface area contributed by atoms with Crippen LogP contribution in [0.2, 0.25) is 0 Å². The molecule has 0 fully saturated rings. The van der Waals surface area contributed by atoms with Gasteiger partial charge in [0.2, 0.25) is 0 Å². The van der Waals surface area contributed by atoms with Gasteiger partial charge in [-0.15, -0.1) is 0 Å². The van der Waals surface area contributed by atoms with Gasteiger partial charge in [-0.1, -0.05) is 13.8 Å². The predicted molar refractivity (Wildman–Crippen MR) is 76.2 cm³/mol. The van der Waals surface area contributed by atoms with E-state index in [2.05, 4.69) is 29.1 Å². The van der Waals surface area contributed by atoms with Gasteiger partial charge in [-0.2, -0.15) is 0 Å². The lowest BCUT2D eigenvalue weighted by molar-refractivity contribution is 0.0913. The molecule has 0 aromatic carbocycles. The standard InChI is InChI=1S/C14H21N5O/c1-9(2)11(13-15-6-7-18(13)4)17-14(20)12-10(3)16-8-19(12)5/h6-9,11H,1-5H3,(H,17,20)/t11-/m0/s1. The molecule has 2 heterocycles. The molecule has 1 amide bonds. The van der Waals surface area contributed by atoms with Crippen molar-refractivity contribution in [3.63, 3.8) is 0 Å². The summed E-state index contributed by atoms with van der Waals surface area (Å²) in [6.07, 6.45) is 5.27. The first kappa shape index (κ1) is 14.3. The zero-order valence-corrected chi connectivity index (χ0v) is 12.6. The van der Waals surface area contributed by atoms with Crippen molar-refractivity contribution in [2.45, 2.75) is 26.8 Å². The topological polar surface area (TPSA) is 64.7 Å².